The summed E-state index contributed by atoms with van der Waals surface area (Å²) >= 11 is 1.16. The minimum atomic E-state index is -1.63. The van der Waals surface area contributed by atoms with Gasteiger partial charge in [0.1, 0.15) is 60.4 Å². The quantitative estimate of drug-likeness (QED) is 0.115. The molecule has 0 saturated carbocycles. The number of nitrogens with one attached hydrogen (secondary N) is 4. The first-order chi connectivity index (χ1) is 42.0. The normalized spacial score (nSPS) is 26.8. The van der Waals surface area contributed by atoms with E-state index in [0.29, 0.717) is 18.7 Å². The van der Waals surface area contributed by atoms with Crippen molar-refractivity contribution in [1.82, 2.24) is 60.5 Å². The molecule has 11 amide bonds. The van der Waals surface area contributed by atoms with E-state index >= 15 is 28.8 Å². The number of amides is 11. The van der Waals surface area contributed by atoms with Crippen LogP contribution in [0.2, 0.25) is 0 Å². The zero-order valence-corrected chi connectivity index (χ0v) is 61.0. The smallest absolute Gasteiger partial charge is 0.256 e. The molecule has 13 atom stereocenters. The second kappa shape index (κ2) is 38.4. The van der Waals surface area contributed by atoms with Gasteiger partial charge in [-0.25, -0.2) is 0 Å². The molecule has 0 aromatic heterocycles. The topological polar surface area (TPSA) is 282 Å². The predicted octanol–water partition coefficient (Wildman–Crippen LogP) is 3.89. The molecule has 0 aromatic carbocycles. The molecule has 1 heterocycles. The van der Waals surface area contributed by atoms with Gasteiger partial charge in [0, 0.05) is 61.6 Å². The highest BCUT2D eigenvalue weighted by atomic mass is 32.2. The largest absolute Gasteiger partial charge is 0.390 e. The minimum absolute atomic E-state index is 0.00411. The molecule has 5 N–H and O–H groups in total. The SMILES string of the molecule is C/C=C/C[C@@H](C)[C@@H](O)[C@H]1C(=O)N[C@@H](CC)C(=O)N(C)[C@H](SCCN(C)C)C(=O)N(C)[C@@H](CC(C)C)C(=O)N[C@@H](C(C)C)C(=O)N(C)[C@@H](CC(C)C)C(=O)N[C@@H](C)C(=O)N[C@H](C)C(=O)N(C)[C@@H](CC(C)C)C(=O)N(C)[C@@H](CC(C)C)C(=O)N(C)[C@@H](C(C)C)C(=O)N1C. The fraction of sp³-hybridized carbons (Fsp3) is 0.803. The van der Waals surface area contributed by atoms with Gasteiger partial charge in [-0.1, -0.05) is 109 Å². The lowest BCUT2D eigenvalue weighted by Crippen LogP contribution is -2.64. The molecule has 0 aromatic rings. The number of thioether (sulfide) groups is 1. The molecular weight excluding hydrogens is 1180 g/mol. The summed E-state index contributed by atoms with van der Waals surface area (Å²) < 4.78 is 0. The Labute approximate surface area is 550 Å². The Balaban J connectivity index is 4.52. The number of allylic oxidation sites excluding steroid dienone is 2. The van der Waals surface area contributed by atoms with Crippen molar-refractivity contribution >= 4 is 76.7 Å². The lowest BCUT2D eigenvalue weighted by molar-refractivity contribution is -0.157. The zero-order valence-electron chi connectivity index (χ0n) is 60.2. The summed E-state index contributed by atoms with van der Waals surface area (Å²) in [5, 5.41) is 22.2. The van der Waals surface area contributed by atoms with Crippen LogP contribution in [0, 0.1) is 41.4 Å². The Morgan fingerprint density at radius 3 is 1.33 bits per heavy atom. The first kappa shape index (κ1) is 83.2. The van der Waals surface area contributed by atoms with E-state index in [1.807, 2.05) is 87.4 Å². The Kier molecular flexibility index (Phi) is 35.1. The number of hydrogen-bond acceptors (Lipinski definition) is 14. The summed E-state index contributed by atoms with van der Waals surface area (Å²) in [5.74, 6) is -9.46. The van der Waals surface area contributed by atoms with E-state index in [1.54, 1.807) is 47.6 Å². The summed E-state index contributed by atoms with van der Waals surface area (Å²) in [4.78, 5) is 174. The average molecular weight is 1310 g/mol. The third-order valence-corrected chi connectivity index (χ3v) is 18.3. The summed E-state index contributed by atoms with van der Waals surface area (Å²) in [6, 6.07) is -12.5. The molecule has 0 bridgehead atoms. The van der Waals surface area contributed by atoms with Crippen molar-refractivity contribution < 1.29 is 57.8 Å². The van der Waals surface area contributed by atoms with E-state index in [2.05, 4.69) is 21.3 Å². The number of rotatable bonds is 19. The maximum atomic E-state index is 15.3. The molecule has 1 fully saturated rings. The number of nitrogens with zero attached hydrogens (tertiary/aromatic N) is 8. The molecule has 91 heavy (non-hydrogen) atoms. The van der Waals surface area contributed by atoms with E-state index in [0.717, 1.165) is 16.7 Å². The van der Waals surface area contributed by atoms with E-state index in [9.17, 15) is 29.1 Å². The molecule has 0 radical (unpaired) electrons. The summed E-state index contributed by atoms with van der Waals surface area (Å²) in [7, 11) is 13.8. The number of hydrogen-bond donors (Lipinski definition) is 5. The molecule has 0 spiro atoms. The Hall–Kier alpha value is -5.82. The summed E-state index contributed by atoms with van der Waals surface area (Å²) in [6.07, 6.45) is 2.98. The third-order valence-electron chi connectivity index (χ3n) is 17.0. The zero-order chi connectivity index (χ0) is 70.5. The monoisotopic (exact) mass is 1300 g/mol. The van der Waals surface area contributed by atoms with Gasteiger partial charge in [-0.3, -0.25) is 52.7 Å². The summed E-state index contributed by atoms with van der Waals surface area (Å²) in [5.41, 5.74) is 0. The average Bonchev–Trinajstić information content (AvgIpc) is 0.906. The molecule has 1 aliphatic heterocycles. The second-order valence-corrected chi connectivity index (χ2v) is 29.0. The van der Waals surface area contributed by atoms with Gasteiger partial charge in [0.05, 0.1) is 6.10 Å². The van der Waals surface area contributed by atoms with Gasteiger partial charge in [0.25, 0.3) is 5.91 Å². The van der Waals surface area contributed by atoms with Gasteiger partial charge < -0.3 is 65.6 Å². The fourth-order valence-corrected chi connectivity index (χ4v) is 12.6. The van der Waals surface area contributed by atoms with Gasteiger partial charge >= 0.3 is 0 Å². The van der Waals surface area contributed by atoms with Gasteiger partial charge in [0.2, 0.25) is 59.1 Å². The van der Waals surface area contributed by atoms with E-state index < -0.39 is 155 Å². The van der Waals surface area contributed by atoms with E-state index in [4.69, 9.17) is 0 Å². The minimum Gasteiger partial charge on any atom is -0.390 e. The lowest BCUT2D eigenvalue weighted by Gasteiger charge is -2.41. The number of aliphatic hydroxyl groups is 1. The number of aliphatic hydroxyl groups excluding tert-OH is 1. The van der Waals surface area contributed by atoms with Gasteiger partial charge in [-0.2, -0.15) is 0 Å². The van der Waals surface area contributed by atoms with Crippen LogP contribution in [0.25, 0.3) is 0 Å². The van der Waals surface area contributed by atoms with Crippen LogP contribution in [0.5, 0.6) is 0 Å². The predicted molar refractivity (Wildman–Crippen MR) is 358 cm³/mol. The Morgan fingerprint density at radius 1 is 0.473 bits per heavy atom. The van der Waals surface area contributed by atoms with Gasteiger partial charge in [0.15, 0.2) is 5.37 Å². The number of carbonyl (C=O) groups is 11. The maximum absolute atomic E-state index is 15.3. The molecule has 522 valence electrons. The van der Waals surface area contributed by atoms with Crippen LogP contribution < -0.4 is 21.3 Å². The number of likely N-dealkylation sites (N-methyl/N-ethyl adjacent to an activating group) is 7. The molecule has 0 aliphatic carbocycles. The van der Waals surface area contributed by atoms with Crippen LogP contribution >= 0.6 is 11.8 Å². The lowest BCUT2D eigenvalue weighted by atomic mass is 9.91. The van der Waals surface area contributed by atoms with Crippen molar-refractivity contribution in [1.29, 1.82) is 0 Å². The van der Waals surface area contributed by atoms with Crippen LogP contribution in [0.3, 0.4) is 0 Å². The number of carbonyl (C=O) groups excluding carboxylic acids is 11. The molecule has 24 nitrogen and oxygen atoms in total. The molecular formula is C66H120N12O12S. The second-order valence-electron chi connectivity index (χ2n) is 27.8. The Morgan fingerprint density at radius 2 is 0.890 bits per heavy atom. The third kappa shape index (κ3) is 23.9. The fourth-order valence-electron chi connectivity index (χ4n) is 11.2. The van der Waals surface area contributed by atoms with Crippen LogP contribution in [0.15, 0.2) is 12.2 Å². The molecule has 0 unspecified atom stereocenters. The van der Waals surface area contributed by atoms with Crippen molar-refractivity contribution in [2.24, 2.45) is 41.4 Å². The first-order valence-electron chi connectivity index (χ1n) is 32.7. The van der Waals surface area contributed by atoms with Crippen LogP contribution in [0.1, 0.15) is 156 Å². The summed E-state index contributed by atoms with van der Waals surface area (Å²) in [6.45, 7) is 30.5. The first-order valence-corrected chi connectivity index (χ1v) is 33.7. The van der Waals surface area contributed by atoms with Crippen molar-refractivity contribution in [3.05, 3.63) is 12.2 Å². The van der Waals surface area contributed by atoms with Crippen molar-refractivity contribution in [2.45, 2.75) is 228 Å². The van der Waals surface area contributed by atoms with Crippen molar-refractivity contribution in [2.75, 3.05) is 75.7 Å². The Bertz CT molecular complexity index is 2480. The maximum Gasteiger partial charge on any atom is 0.256 e. The highest BCUT2D eigenvalue weighted by Gasteiger charge is 2.46. The molecule has 1 rings (SSSR count). The van der Waals surface area contributed by atoms with Gasteiger partial charge in [-0.15, -0.1) is 11.8 Å². The van der Waals surface area contributed by atoms with Crippen molar-refractivity contribution in [3.63, 3.8) is 0 Å². The van der Waals surface area contributed by atoms with Crippen LogP contribution in [0.4, 0.5) is 0 Å². The molecule has 1 saturated heterocycles. The van der Waals surface area contributed by atoms with E-state index in [-0.39, 0.29) is 55.8 Å². The molecule has 1 aliphatic rings. The van der Waals surface area contributed by atoms with Crippen LogP contribution in [-0.2, 0) is 52.7 Å². The van der Waals surface area contributed by atoms with Crippen LogP contribution in [-0.4, -0.2) is 257 Å². The highest BCUT2D eigenvalue weighted by Crippen LogP contribution is 2.27. The van der Waals surface area contributed by atoms with Crippen molar-refractivity contribution in [3.8, 4) is 0 Å². The van der Waals surface area contributed by atoms with Gasteiger partial charge in [-0.05, 0) is 115 Å². The van der Waals surface area contributed by atoms with E-state index in [1.165, 1.54) is 92.6 Å². The molecule has 25 heteroatoms. The highest BCUT2D eigenvalue weighted by molar-refractivity contribution is 8.00. The standard InChI is InChI=1S/C66H120N12O12S/c1-27-29-30-43(15)54(79)53-58(83)69-46(28-2)60(85)78(26)66(91-32-31-71(18)19)65(90)73(21)48(34-38(5)6)57(82)70-51(41(11)12)63(88)72(20)47(33-37(3)4)56(81)67-44(16)55(80)68-45(17)59(84)74(22)49(35-39(7)8)61(86)75(23)50(36-40(9)10)62(87)76(24)52(42(13)14)64(89)77(53)25/h27,29,37-54,66,79H,28,30-36H2,1-26H3,(H,67,81)(H,68,80)(H,69,83)(H,70,82)/b29-27+/t43-,44+,45-,46+,47+,48+,49+,50+,51+,52+,53+,54-,66-/m1/s1.